The van der Waals surface area contributed by atoms with Crippen LogP contribution in [0.25, 0.3) is 0 Å². The number of aryl methyl sites for hydroxylation is 2. The molecule has 1 aliphatic heterocycles. The fraction of sp³-hybridized carbons (Fsp3) is 0.533. The summed E-state index contributed by atoms with van der Waals surface area (Å²) in [4.78, 5) is 6.44. The van der Waals surface area contributed by atoms with Gasteiger partial charge in [0.2, 0.25) is 5.89 Å². The van der Waals surface area contributed by atoms with Crippen molar-refractivity contribution in [3.63, 3.8) is 0 Å². The minimum atomic E-state index is 0.196. The highest BCUT2D eigenvalue weighted by atomic mass is 16.5. The summed E-state index contributed by atoms with van der Waals surface area (Å²) in [6.45, 7) is 7.16. The van der Waals surface area contributed by atoms with E-state index in [4.69, 9.17) is 4.52 Å². The van der Waals surface area contributed by atoms with E-state index in [-0.39, 0.29) is 5.92 Å². The van der Waals surface area contributed by atoms with Crippen LogP contribution >= 0.6 is 0 Å². The van der Waals surface area contributed by atoms with Crippen LogP contribution in [0.15, 0.2) is 4.52 Å². The van der Waals surface area contributed by atoms with Gasteiger partial charge < -0.3 is 9.42 Å². The molecule has 1 fully saturated rings. The van der Waals surface area contributed by atoms with Gasteiger partial charge in [-0.2, -0.15) is 15.3 Å². The summed E-state index contributed by atoms with van der Waals surface area (Å²) in [7, 11) is 0. The van der Waals surface area contributed by atoms with Crippen molar-refractivity contribution in [3.05, 3.63) is 28.5 Å². The smallest absolute Gasteiger partial charge is 0.223 e. The number of piperidine rings is 1. The predicted octanol–water partition coefficient (Wildman–Crippen LogP) is 2.04. The highest BCUT2D eigenvalue weighted by molar-refractivity contribution is 5.57. The number of rotatable bonds is 2. The summed E-state index contributed by atoms with van der Waals surface area (Å²) in [5.74, 6) is 2.17. The Morgan fingerprint density at radius 3 is 2.77 bits per heavy atom. The lowest BCUT2D eigenvalue weighted by atomic mass is 9.96. The molecule has 0 saturated carbocycles. The molecule has 0 unspecified atom stereocenters. The monoisotopic (exact) mass is 298 g/mol. The third-order valence-corrected chi connectivity index (χ3v) is 4.18. The van der Waals surface area contributed by atoms with Gasteiger partial charge >= 0.3 is 0 Å². The van der Waals surface area contributed by atoms with E-state index in [1.54, 1.807) is 6.92 Å². The second-order valence-electron chi connectivity index (χ2n) is 5.68. The molecule has 2 aromatic rings. The molecule has 1 atom stereocenters. The van der Waals surface area contributed by atoms with Crippen molar-refractivity contribution in [1.82, 2.24) is 20.3 Å². The van der Waals surface area contributed by atoms with Gasteiger partial charge in [-0.25, -0.2) is 0 Å². The topological polar surface area (TPSA) is 91.7 Å². The molecule has 0 radical (unpaired) electrons. The second kappa shape index (κ2) is 5.72. The fourth-order valence-electron chi connectivity index (χ4n) is 2.81. The van der Waals surface area contributed by atoms with E-state index in [1.165, 1.54) is 0 Å². The first kappa shape index (κ1) is 14.4. The van der Waals surface area contributed by atoms with Crippen LogP contribution < -0.4 is 4.90 Å². The molecule has 114 valence electrons. The van der Waals surface area contributed by atoms with Gasteiger partial charge in [0, 0.05) is 25.9 Å². The third kappa shape index (κ3) is 2.52. The first-order chi connectivity index (χ1) is 10.6. The van der Waals surface area contributed by atoms with Gasteiger partial charge in [-0.05, 0) is 32.3 Å². The van der Waals surface area contributed by atoms with Crippen LogP contribution in [0.2, 0.25) is 0 Å². The Morgan fingerprint density at radius 2 is 2.09 bits per heavy atom. The number of anilines is 1. The Labute approximate surface area is 129 Å². The van der Waals surface area contributed by atoms with E-state index in [9.17, 15) is 5.26 Å². The van der Waals surface area contributed by atoms with Crippen LogP contribution in [0.5, 0.6) is 0 Å². The summed E-state index contributed by atoms with van der Waals surface area (Å²) in [6.07, 6.45) is 2.01. The average Bonchev–Trinajstić information content (AvgIpc) is 2.96. The zero-order valence-corrected chi connectivity index (χ0v) is 13.0. The van der Waals surface area contributed by atoms with Gasteiger partial charge in [-0.1, -0.05) is 5.16 Å². The molecular formula is C15H18N6O. The van der Waals surface area contributed by atoms with Crippen molar-refractivity contribution in [2.45, 2.75) is 39.5 Å². The van der Waals surface area contributed by atoms with Crippen LogP contribution in [-0.2, 0) is 0 Å². The quantitative estimate of drug-likeness (QED) is 0.837. The molecule has 7 heteroatoms. The molecule has 3 rings (SSSR count). The molecule has 2 aromatic heterocycles. The zero-order chi connectivity index (χ0) is 15.7. The van der Waals surface area contributed by atoms with Gasteiger partial charge in [0.25, 0.3) is 0 Å². The SMILES string of the molecule is Cc1nc([C@@H]2CCCN(c3nnc(C)c(C)c3C#N)C2)no1. The van der Waals surface area contributed by atoms with E-state index in [0.29, 0.717) is 17.3 Å². The van der Waals surface area contributed by atoms with E-state index < -0.39 is 0 Å². The predicted molar refractivity (Wildman–Crippen MR) is 79.4 cm³/mol. The Bertz CT molecular complexity index is 732. The molecule has 22 heavy (non-hydrogen) atoms. The van der Waals surface area contributed by atoms with E-state index >= 15 is 0 Å². The third-order valence-electron chi connectivity index (χ3n) is 4.18. The molecule has 0 spiro atoms. The maximum absolute atomic E-state index is 9.46. The van der Waals surface area contributed by atoms with Crippen LogP contribution in [-0.4, -0.2) is 33.4 Å². The molecule has 0 amide bonds. The first-order valence-electron chi connectivity index (χ1n) is 7.39. The largest absolute Gasteiger partial charge is 0.353 e. The van der Waals surface area contributed by atoms with Gasteiger partial charge in [-0.3, -0.25) is 0 Å². The van der Waals surface area contributed by atoms with E-state index in [1.807, 2.05) is 13.8 Å². The lowest BCUT2D eigenvalue weighted by Gasteiger charge is -2.32. The van der Waals surface area contributed by atoms with E-state index in [0.717, 1.165) is 43.0 Å². The lowest BCUT2D eigenvalue weighted by Crippen LogP contribution is -2.36. The van der Waals surface area contributed by atoms with Crippen molar-refractivity contribution >= 4 is 5.82 Å². The molecule has 0 N–H and O–H groups in total. The molecule has 1 aliphatic rings. The summed E-state index contributed by atoms with van der Waals surface area (Å²) in [6, 6.07) is 2.27. The Hall–Kier alpha value is -2.49. The van der Waals surface area contributed by atoms with E-state index in [2.05, 4.69) is 31.3 Å². The van der Waals surface area contributed by atoms with Crippen molar-refractivity contribution in [2.24, 2.45) is 0 Å². The maximum Gasteiger partial charge on any atom is 0.223 e. The summed E-state index contributed by atoms with van der Waals surface area (Å²) in [5, 5.41) is 21.9. The van der Waals surface area contributed by atoms with Crippen molar-refractivity contribution in [3.8, 4) is 6.07 Å². The molecule has 0 bridgehead atoms. The van der Waals surface area contributed by atoms with Crippen molar-refractivity contribution < 1.29 is 4.52 Å². The van der Waals surface area contributed by atoms with Gasteiger partial charge in [0.05, 0.1) is 5.69 Å². The van der Waals surface area contributed by atoms with Crippen LogP contribution in [0.3, 0.4) is 0 Å². The Morgan fingerprint density at radius 1 is 1.27 bits per heavy atom. The Balaban J connectivity index is 1.90. The van der Waals surface area contributed by atoms with Crippen molar-refractivity contribution in [1.29, 1.82) is 5.26 Å². The normalized spacial score (nSPS) is 18.3. The van der Waals surface area contributed by atoms with Crippen LogP contribution in [0.4, 0.5) is 5.82 Å². The molecule has 3 heterocycles. The fourth-order valence-corrected chi connectivity index (χ4v) is 2.81. The summed E-state index contributed by atoms with van der Waals surface area (Å²) >= 11 is 0. The van der Waals surface area contributed by atoms with Gasteiger partial charge in [-0.15, -0.1) is 5.10 Å². The number of aromatic nitrogens is 4. The lowest BCUT2D eigenvalue weighted by molar-refractivity contribution is 0.376. The van der Waals surface area contributed by atoms with Gasteiger partial charge in [0.1, 0.15) is 11.6 Å². The maximum atomic E-state index is 9.46. The second-order valence-corrected chi connectivity index (χ2v) is 5.68. The summed E-state index contributed by atoms with van der Waals surface area (Å²) < 4.78 is 5.08. The average molecular weight is 298 g/mol. The van der Waals surface area contributed by atoms with Crippen molar-refractivity contribution in [2.75, 3.05) is 18.0 Å². The standard InChI is InChI=1S/C15H18N6O/c1-9-10(2)18-19-15(13(9)7-16)21-6-4-5-12(8-21)14-17-11(3)22-20-14/h12H,4-6,8H2,1-3H3/t12-/m1/s1. The first-order valence-corrected chi connectivity index (χ1v) is 7.39. The molecule has 0 aromatic carbocycles. The molecule has 7 nitrogen and oxygen atoms in total. The highest BCUT2D eigenvalue weighted by Crippen LogP contribution is 2.30. The molecule has 1 saturated heterocycles. The van der Waals surface area contributed by atoms with Crippen LogP contribution in [0, 0.1) is 32.1 Å². The number of hydrogen-bond donors (Lipinski definition) is 0. The van der Waals surface area contributed by atoms with Crippen LogP contribution in [0.1, 0.15) is 47.3 Å². The minimum absolute atomic E-state index is 0.196. The highest BCUT2D eigenvalue weighted by Gasteiger charge is 2.28. The number of nitriles is 1. The summed E-state index contributed by atoms with van der Waals surface area (Å²) in [5.41, 5.74) is 2.30. The molecular weight excluding hydrogens is 280 g/mol. The number of hydrogen-bond acceptors (Lipinski definition) is 7. The zero-order valence-electron chi connectivity index (χ0n) is 13.0. The van der Waals surface area contributed by atoms with Gasteiger partial charge in [0.15, 0.2) is 11.6 Å². The molecule has 0 aliphatic carbocycles. The minimum Gasteiger partial charge on any atom is -0.353 e. The Kier molecular flexibility index (Phi) is 3.75. The number of nitrogens with zero attached hydrogens (tertiary/aromatic N) is 6.